The molecule has 0 saturated heterocycles. The average Bonchev–Trinajstić information content (AvgIpc) is 2.94. The van der Waals surface area contributed by atoms with E-state index in [0.717, 1.165) is 22.6 Å². The maximum absolute atomic E-state index is 4.63. The maximum atomic E-state index is 4.63. The smallest absolute Gasteiger partial charge is 0.162 e. The third kappa shape index (κ3) is 2.38. The van der Waals surface area contributed by atoms with E-state index in [1.54, 1.807) is 10.9 Å². The number of nitrogens with zero attached hydrogens (tertiary/aromatic N) is 4. The number of anilines is 1. The molecule has 0 atom stereocenters. The highest BCUT2D eigenvalue weighted by atomic mass is 15.2. The third-order valence-electron chi connectivity index (χ3n) is 3.01. The van der Waals surface area contributed by atoms with Crippen LogP contribution in [0.2, 0.25) is 0 Å². The zero-order valence-corrected chi connectivity index (χ0v) is 11.4. The Balaban J connectivity index is 2.12. The lowest BCUT2D eigenvalue weighted by Gasteiger charge is -2.06. The molecule has 2 heterocycles. The van der Waals surface area contributed by atoms with Gasteiger partial charge in [-0.3, -0.25) is 4.68 Å². The Morgan fingerprint density at radius 2 is 1.85 bits per heavy atom. The predicted octanol–water partition coefficient (Wildman–Crippen LogP) is 2.59. The summed E-state index contributed by atoms with van der Waals surface area (Å²) in [5, 5.41) is 7.26. The molecular weight excluding hydrogens is 250 g/mol. The number of aromatic nitrogens is 4. The molecule has 3 rings (SSSR count). The molecule has 0 fully saturated rings. The van der Waals surface area contributed by atoms with E-state index in [1.807, 2.05) is 56.7 Å². The molecule has 0 saturated carbocycles. The summed E-state index contributed by atoms with van der Waals surface area (Å²) >= 11 is 0. The summed E-state index contributed by atoms with van der Waals surface area (Å²) in [7, 11) is 3.74. The normalized spacial score (nSPS) is 10.5. The fourth-order valence-corrected chi connectivity index (χ4v) is 1.99. The van der Waals surface area contributed by atoms with Crippen molar-refractivity contribution in [3.63, 3.8) is 0 Å². The molecule has 0 aliphatic heterocycles. The number of rotatable bonds is 3. The standard InChI is InChI=1S/C15H15N5/c1-16-14-8-13(12-9-17-20(2)10-12)18-15(19-14)11-6-4-3-5-7-11/h3-10H,1-2H3,(H,16,18,19). The zero-order chi connectivity index (χ0) is 13.9. The molecule has 0 spiro atoms. The molecule has 0 unspecified atom stereocenters. The van der Waals surface area contributed by atoms with Crippen LogP contribution in [-0.2, 0) is 7.05 Å². The zero-order valence-electron chi connectivity index (χ0n) is 11.4. The van der Waals surface area contributed by atoms with Crippen LogP contribution in [0.15, 0.2) is 48.8 Å². The van der Waals surface area contributed by atoms with Gasteiger partial charge < -0.3 is 5.32 Å². The summed E-state index contributed by atoms with van der Waals surface area (Å²) in [5.74, 6) is 1.49. The Morgan fingerprint density at radius 3 is 2.50 bits per heavy atom. The van der Waals surface area contributed by atoms with E-state index in [0.29, 0.717) is 5.82 Å². The van der Waals surface area contributed by atoms with Gasteiger partial charge in [-0.1, -0.05) is 30.3 Å². The Bertz CT molecular complexity index is 718. The summed E-state index contributed by atoms with van der Waals surface area (Å²) in [6.07, 6.45) is 3.74. The molecule has 0 aliphatic rings. The van der Waals surface area contributed by atoms with Crippen LogP contribution in [0.25, 0.3) is 22.6 Å². The van der Waals surface area contributed by atoms with Gasteiger partial charge in [0.15, 0.2) is 5.82 Å². The summed E-state index contributed by atoms with van der Waals surface area (Å²) in [5.41, 5.74) is 2.83. The van der Waals surface area contributed by atoms with Gasteiger partial charge in [-0.05, 0) is 0 Å². The molecule has 1 N–H and O–H groups in total. The minimum absolute atomic E-state index is 0.705. The monoisotopic (exact) mass is 265 g/mol. The molecule has 0 bridgehead atoms. The van der Waals surface area contributed by atoms with Gasteiger partial charge in [0.2, 0.25) is 0 Å². The lowest BCUT2D eigenvalue weighted by Crippen LogP contribution is -1.98. The van der Waals surface area contributed by atoms with Crippen molar-refractivity contribution < 1.29 is 0 Å². The first kappa shape index (κ1) is 12.3. The van der Waals surface area contributed by atoms with Gasteiger partial charge in [-0.25, -0.2) is 9.97 Å². The second-order valence-corrected chi connectivity index (χ2v) is 4.48. The largest absolute Gasteiger partial charge is 0.373 e. The van der Waals surface area contributed by atoms with Crippen LogP contribution in [-0.4, -0.2) is 26.8 Å². The summed E-state index contributed by atoms with van der Waals surface area (Å²) < 4.78 is 1.76. The average molecular weight is 265 g/mol. The van der Waals surface area contributed by atoms with Crippen molar-refractivity contribution in [1.82, 2.24) is 19.7 Å². The number of hydrogen-bond donors (Lipinski definition) is 1. The molecule has 5 heteroatoms. The van der Waals surface area contributed by atoms with E-state index >= 15 is 0 Å². The first-order valence-electron chi connectivity index (χ1n) is 6.37. The molecule has 5 nitrogen and oxygen atoms in total. The van der Waals surface area contributed by atoms with Crippen LogP contribution >= 0.6 is 0 Å². The van der Waals surface area contributed by atoms with Crippen molar-refractivity contribution in [1.29, 1.82) is 0 Å². The highest BCUT2D eigenvalue weighted by molar-refractivity contribution is 5.66. The Kier molecular flexibility index (Phi) is 3.16. The molecular formula is C15H15N5. The van der Waals surface area contributed by atoms with E-state index in [1.165, 1.54) is 0 Å². The van der Waals surface area contributed by atoms with Gasteiger partial charge in [0.25, 0.3) is 0 Å². The van der Waals surface area contributed by atoms with Gasteiger partial charge in [0.1, 0.15) is 5.82 Å². The van der Waals surface area contributed by atoms with Gasteiger partial charge in [-0.15, -0.1) is 0 Å². The van der Waals surface area contributed by atoms with Gasteiger partial charge in [0.05, 0.1) is 11.9 Å². The quantitative estimate of drug-likeness (QED) is 0.791. The number of aryl methyl sites for hydroxylation is 1. The summed E-state index contributed by atoms with van der Waals surface area (Å²) in [6, 6.07) is 11.9. The van der Waals surface area contributed by atoms with E-state index in [4.69, 9.17) is 0 Å². The van der Waals surface area contributed by atoms with Crippen LogP contribution in [0.3, 0.4) is 0 Å². The molecule has 1 aromatic carbocycles. The van der Waals surface area contributed by atoms with Crippen molar-refractivity contribution in [3.05, 3.63) is 48.8 Å². The lowest BCUT2D eigenvalue weighted by molar-refractivity contribution is 0.768. The first-order valence-corrected chi connectivity index (χ1v) is 6.37. The molecule has 0 amide bonds. The van der Waals surface area contributed by atoms with E-state index in [-0.39, 0.29) is 0 Å². The molecule has 3 aromatic rings. The third-order valence-corrected chi connectivity index (χ3v) is 3.01. The number of hydrogen-bond acceptors (Lipinski definition) is 4. The van der Waals surface area contributed by atoms with Crippen LogP contribution in [0.5, 0.6) is 0 Å². The van der Waals surface area contributed by atoms with Gasteiger partial charge in [-0.2, -0.15) is 5.10 Å². The highest BCUT2D eigenvalue weighted by Crippen LogP contribution is 2.23. The van der Waals surface area contributed by atoms with E-state index in [9.17, 15) is 0 Å². The summed E-state index contributed by atoms with van der Waals surface area (Å²) in [4.78, 5) is 9.14. The van der Waals surface area contributed by atoms with Crippen LogP contribution in [0, 0.1) is 0 Å². The predicted molar refractivity (Wildman–Crippen MR) is 79.2 cm³/mol. The highest BCUT2D eigenvalue weighted by Gasteiger charge is 2.09. The number of benzene rings is 1. The molecule has 0 radical (unpaired) electrons. The Morgan fingerprint density at radius 1 is 1.05 bits per heavy atom. The van der Waals surface area contributed by atoms with E-state index in [2.05, 4.69) is 20.4 Å². The van der Waals surface area contributed by atoms with Crippen molar-refractivity contribution in [2.45, 2.75) is 0 Å². The molecule has 2 aromatic heterocycles. The van der Waals surface area contributed by atoms with E-state index < -0.39 is 0 Å². The molecule has 20 heavy (non-hydrogen) atoms. The second kappa shape index (κ2) is 5.13. The first-order chi connectivity index (χ1) is 9.76. The maximum Gasteiger partial charge on any atom is 0.162 e. The Labute approximate surface area is 117 Å². The van der Waals surface area contributed by atoms with Crippen LogP contribution < -0.4 is 5.32 Å². The topological polar surface area (TPSA) is 55.6 Å². The Hall–Kier alpha value is -2.69. The second-order valence-electron chi connectivity index (χ2n) is 4.48. The SMILES string of the molecule is CNc1cc(-c2cnn(C)c2)nc(-c2ccccc2)n1. The molecule has 0 aliphatic carbocycles. The summed E-state index contributed by atoms with van der Waals surface area (Å²) in [6.45, 7) is 0. The van der Waals surface area contributed by atoms with Crippen LogP contribution in [0.4, 0.5) is 5.82 Å². The fraction of sp³-hybridized carbons (Fsp3) is 0.133. The van der Waals surface area contributed by atoms with Crippen LogP contribution in [0.1, 0.15) is 0 Å². The lowest BCUT2D eigenvalue weighted by atomic mass is 10.2. The fourth-order valence-electron chi connectivity index (χ4n) is 1.99. The minimum Gasteiger partial charge on any atom is -0.373 e. The van der Waals surface area contributed by atoms with Gasteiger partial charge in [0, 0.05) is 37.5 Å². The van der Waals surface area contributed by atoms with Crippen molar-refractivity contribution in [2.24, 2.45) is 7.05 Å². The minimum atomic E-state index is 0.705. The van der Waals surface area contributed by atoms with Crippen molar-refractivity contribution in [2.75, 3.05) is 12.4 Å². The molecule has 100 valence electrons. The number of nitrogens with one attached hydrogen (secondary N) is 1. The van der Waals surface area contributed by atoms with Crippen molar-refractivity contribution in [3.8, 4) is 22.6 Å². The van der Waals surface area contributed by atoms with Gasteiger partial charge >= 0.3 is 0 Å². The van der Waals surface area contributed by atoms with Crippen molar-refractivity contribution >= 4 is 5.82 Å².